The summed E-state index contributed by atoms with van der Waals surface area (Å²) in [6.45, 7) is 8.08. The van der Waals surface area contributed by atoms with Crippen LogP contribution in [0.2, 0.25) is 0 Å². The van der Waals surface area contributed by atoms with Crippen molar-refractivity contribution in [2.24, 2.45) is 5.92 Å². The molecule has 0 aromatic heterocycles. The number of allylic oxidation sites excluding steroid dienone is 6. The minimum atomic E-state index is 0.571. The Morgan fingerprint density at radius 2 is 1.93 bits per heavy atom. The van der Waals surface area contributed by atoms with Crippen LogP contribution in [0.1, 0.15) is 34.1 Å². The number of nitrogens with one attached hydrogen (secondary N) is 1. The molecule has 0 spiro atoms. The molecule has 1 unspecified atom stereocenters. The van der Waals surface area contributed by atoms with Crippen LogP contribution in [0.3, 0.4) is 0 Å². The minimum absolute atomic E-state index is 0.571. The van der Waals surface area contributed by atoms with E-state index in [0.717, 1.165) is 6.42 Å². The quantitative estimate of drug-likeness (QED) is 0.384. The smallest absolute Gasteiger partial charge is 0.0283 e. The highest BCUT2D eigenvalue weighted by atomic mass is 14.4. The number of rotatable bonds is 5. The molecule has 0 heterocycles. The van der Waals surface area contributed by atoms with Gasteiger partial charge in [-0.3, -0.25) is 0 Å². The Hall–Kier alpha value is -1.11. The third-order valence-corrected chi connectivity index (χ3v) is 2.00. The zero-order valence-corrected chi connectivity index (χ0v) is 9.67. The van der Waals surface area contributed by atoms with E-state index in [2.05, 4.69) is 25.2 Å². The minimum Gasteiger partial charge on any atom is -0.306 e. The molecule has 0 aromatic rings. The van der Waals surface area contributed by atoms with Crippen molar-refractivity contribution in [3.8, 4) is 0 Å². The maximum absolute atomic E-state index is 7.30. The fourth-order valence-corrected chi connectivity index (χ4v) is 1.28. The number of hydrogen-bond donors (Lipinski definition) is 1. The Kier molecular flexibility index (Phi) is 6.73. The summed E-state index contributed by atoms with van der Waals surface area (Å²) < 4.78 is 0. The van der Waals surface area contributed by atoms with E-state index in [9.17, 15) is 0 Å². The van der Waals surface area contributed by atoms with Gasteiger partial charge in [0.2, 0.25) is 0 Å². The predicted molar refractivity (Wildman–Crippen MR) is 64.9 cm³/mol. The van der Waals surface area contributed by atoms with Crippen molar-refractivity contribution in [1.29, 1.82) is 5.41 Å². The fourth-order valence-electron chi connectivity index (χ4n) is 1.28. The summed E-state index contributed by atoms with van der Waals surface area (Å²) >= 11 is 0. The molecule has 1 atom stereocenters. The average Bonchev–Trinajstić information content (AvgIpc) is 2.12. The van der Waals surface area contributed by atoms with Crippen LogP contribution in [0.15, 0.2) is 36.0 Å². The molecule has 78 valence electrons. The van der Waals surface area contributed by atoms with Crippen LogP contribution < -0.4 is 0 Å². The Morgan fingerprint density at radius 1 is 1.29 bits per heavy atom. The van der Waals surface area contributed by atoms with Crippen LogP contribution in [0.25, 0.3) is 0 Å². The molecule has 0 aliphatic carbocycles. The first-order valence-electron chi connectivity index (χ1n) is 5.11. The molecule has 1 heteroatoms. The third kappa shape index (κ3) is 6.41. The molecule has 0 radical (unpaired) electrons. The van der Waals surface area contributed by atoms with Gasteiger partial charge in [-0.05, 0) is 39.2 Å². The lowest BCUT2D eigenvalue weighted by Crippen LogP contribution is -1.92. The van der Waals surface area contributed by atoms with E-state index in [4.69, 9.17) is 5.41 Å². The third-order valence-electron chi connectivity index (χ3n) is 2.00. The largest absolute Gasteiger partial charge is 0.306 e. The SMILES string of the molecule is C/C=C\C(C)CC(/C=C\C(C)=N)=C/C. The van der Waals surface area contributed by atoms with Gasteiger partial charge in [0, 0.05) is 5.71 Å². The summed E-state index contributed by atoms with van der Waals surface area (Å²) in [7, 11) is 0. The second-order valence-electron chi connectivity index (χ2n) is 3.59. The topological polar surface area (TPSA) is 23.9 Å². The maximum atomic E-state index is 7.30. The van der Waals surface area contributed by atoms with E-state index >= 15 is 0 Å². The summed E-state index contributed by atoms with van der Waals surface area (Å²) in [5.74, 6) is 0.571. The molecule has 0 fully saturated rings. The van der Waals surface area contributed by atoms with Gasteiger partial charge in [0.15, 0.2) is 0 Å². The lowest BCUT2D eigenvalue weighted by atomic mass is 10.00. The van der Waals surface area contributed by atoms with E-state index in [-0.39, 0.29) is 0 Å². The first kappa shape index (κ1) is 12.9. The predicted octanol–water partition coefficient (Wildman–Crippen LogP) is 4.13. The molecule has 0 aromatic carbocycles. The average molecular weight is 191 g/mol. The van der Waals surface area contributed by atoms with Gasteiger partial charge in [0.05, 0.1) is 0 Å². The Labute approximate surface area is 87.7 Å². The molecule has 0 saturated carbocycles. The zero-order valence-electron chi connectivity index (χ0n) is 9.67. The van der Waals surface area contributed by atoms with Crippen LogP contribution in [-0.2, 0) is 0 Å². The molecular formula is C13H21N. The summed E-state index contributed by atoms with van der Waals surface area (Å²) in [6.07, 6.45) is 11.3. The van der Waals surface area contributed by atoms with E-state index in [1.54, 1.807) is 6.92 Å². The van der Waals surface area contributed by atoms with Crippen molar-refractivity contribution in [2.75, 3.05) is 0 Å². The lowest BCUT2D eigenvalue weighted by molar-refractivity contribution is 0.725. The van der Waals surface area contributed by atoms with Crippen molar-refractivity contribution >= 4 is 5.71 Å². The van der Waals surface area contributed by atoms with Crippen molar-refractivity contribution in [2.45, 2.75) is 34.1 Å². The van der Waals surface area contributed by atoms with E-state index in [0.29, 0.717) is 11.6 Å². The van der Waals surface area contributed by atoms with Crippen molar-refractivity contribution in [3.63, 3.8) is 0 Å². The summed E-state index contributed by atoms with van der Waals surface area (Å²) in [6, 6.07) is 0. The van der Waals surface area contributed by atoms with Crippen LogP contribution in [0.5, 0.6) is 0 Å². The van der Waals surface area contributed by atoms with Gasteiger partial charge in [-0.2, -0.15) is 0 Å². The monoisotopic (exact) mass is 191 g/mol. The summed E-state index contributed by atoms with van der Waals surface area (Å²) in [4.78, 5) is 0. The van der Waals surface area contributed by atoms with Crippen LogP contribution >= 0.6 is 0 Å². The highest BCUT2D eigenvalue weighted by Gasteiger charge is 1.98. The molecule has 0 saturated heterocycles. The van der Waals surface area contributed by atoms with Gasteiger partial charge in [0.25, 0.3) is 0 Å². The number of hydrogen-bond acceptors (Lipinski definition) is 1. The lowest BCUT2D eigenvalue weighted by Gasteiger charge is -2.06. The molecule has 0 bridgehead atoms. The van der Waals surface area contributed by atoms with Gasteiger partial charge in [-0.25, -0.2) is 0 Å². The van der Waals surface area contributed by atoms with Gasteiger partial charge < -0.3 is 5.41 Å². The first-order chi connectivity index (χ1) is 6.60. The summed E-state index contributed by atoms with van der Waals surface area (Å²) in [5, 5.41) is 7.30. The Bertz CT molecular complexity index is 256. The first-order valence-corrected chi connectivity index (χ1v) is 5.11. The van der Waals surface area contributed by atoms with Gasteiger partial charge in [0.1, 0.15) is 0 Å². The zero-order chi connectivity index (χ0) is 11.0. The van der Waals surface area contributed by atoms with Crippen LogP contribution in [0.4, 0.5) is 0 Å². The van der Waals surface area contributed by atoms with Crippen molar-refractivity contribution in [3.05, 3.63) is 36.0 Å². The highest BCUT2D eigenvalue weighted by Crippen LogP contribution is 2.13. The molecule has 0 rings (SSSR count). The normalized spacial score (nSPS) is 15.3. The molecule has 1 nitrogen and oxygen atoms in total. The molecule has 0 amide bonds. The molecule has 0 aliphatic rings. The molecular weight excluding hydrogens is 170 g/mol. The van der Waals surface area contributed by atoms with Crippen LogP contribution in [-0.4, -0.2) is 5.71 Å². The Balaban J connectivity index is 4.25. The standard InChI is InChI=1S/C13H21N/c1-5-7-11(3)10-13(6-2)9-8-12(4)14/h5-9,11,14H,10H2,1-4H3/b7-5-,9-8-,13-6+,14-12?. The second-order valence-corrected chi connectivity index (χ2v) is 3.59. The van der Waals surface area contributed by atoms with Gasteiger partial charge >= 0.3 is 0 Å². The van der Waals surface area contributed by atoms with E-state index in [1.165, 1.54) is 5.57 Å². The highest BCUT2D eigenvalue weighted by molar-refractivity contribution is 5.90. The molecule has 14 heavy (non-hydrogen) atoms. The van der Waals surface area contributed by atoms with Gasteiger partial charge in [-0.15, -0.1) is 0 Å². The van der Waals surface area contributed by atoms with Crippen molar-refractivity contribution in [1.82, 2.24) is 0 Å². The van der Waals surface area contributed by atoms with E-state index < -0.39 is 0 Å². The van der Waals surface area contributed by atoms with Gasteiger partial charge in [-0.1, -0.05) is 36.8 Å². The summed E-state index contributed by atoms with van der Waals surface area (Å²) in [5.41, 5.74) is 1.89. The molecule has 0 aliphatic heterocycles. The Morgan fingerprint density at radius 3 is 2.36 bits per heavy atom. The second kappa shape index (κ2) is 7.31. The fraction of sp³-hybridized carbons (Fsp3) is 0.462. The van der Waals surface area contributed by atoms with Crippen LogP contribution in [0, 0.1) is 11.3 Å². The molecule has 1 N–H and O–H groups in total. The van der Waals surface area contributed by atoms with Crippen molar-refractivity contribution < 1.29 is 0 Å². The maximum Gasteiger partial charge on any atom is 0.0283 e. The van der Waals surface area contributed by atoms with E-state index in [1.807, 2.05) is 26.0 Å².